The Hall–Kier alpha value is -3.01. The van der Waals surface area contributed by atoms with Crippen molar-refractivity contribution in [1.29, 1.82) is 0 Å². The monoisotopic (exact) mass is 275 g/mol. The van der Waals surface area contributed by atoms with Crippen LogP contribution in [0.1, 0.15) is 10.4 Å². The third-order valence-corrected chi connectivity index (χ3v) is 3.08. The number of nitrogens with zero attached hydrogens (tertiary/aromatic N) is 2. The zero-order valence-corrected chi connectivity index (χ0v) is 11.2. The molecule has 2 heterocycles. The molecule has 0 bridgehead atoms. The van der Waals surface area contributed by atoms with E-state index in [0.29, 0.717) is 5.56 Å². The first-order valence-corrected chi connectivity index (χ1v) is 6.54. The Morgan fingerprint density at radius 1 is 0.905 bits per heavy atom. The van der Waals surface area contributed by atoms with E-state index in [1.54, 1.807) is 30.7 Å². The van der Waals surface area contributed by atoms with Gasteiger partial charge in [-0.25, -0.2) is 4.98 Å². The van der Waals surface area contributed by atoms with Gasteiger partial charge in [0, 0.05) is 23.5 Å². The van der Waals surface area contributed by atoms with E-state index >= 15 is 0 Å². The van der Waals surface area contributed by atoms with Gasteiger partial charge in [-0.15, -0.1) is 0 Å². The van der Waals surface area contributed by atoms with Crippen LogP contribution in [0.3, 0.4) is 0 Å². The highest BCUT2D eigenvalue weighted by Crippen LogP contribution is 2.21. The average molecular weight is 275 g/mol. The summed E-state index contributed by atoms with van der Waals surface area (Å²) in [6, 6.07) is 15.1. The third kappa shape index (κ3) is 3.12. The average Bonchev–Trinajstić information content (AvgIpc) is 2.57. The second-order valence-corrected chi connectivity index (χ2v) is 4.54. The van der Waals surface area contributed by atoms with E-state index < -0.39 is 0 Å². The summed E-state index contributed by atoms with van der Waals surface area (Å²) in [7, 11) is 0. The molecule has 0 fully saturated rings. The van der Waals surface area contributed by atoms with Gasteiger partial charge < -0.3 is 5.32 Å². The molecule has 0 unspecified atom stereocenters. The van der Waals surface area contributed by atoms with E-state index in [1.807, 2.05) is 36.4 Å². The summed E-state index contributed by atoms with van der Waals surface area (Å²) >= 11 is 0. The molecule has 4 nitrogen and oxygen atoms in total. The molecule has 0 atom stereocenters. The van der Waals surface area contributed by atoms with Crippen LogP contribution in [0.15, 0.2) is 67.1 Å². The molecule has 0 radical (unpaired) electrons. The van der Waals surface area contributed by atoms with Gasteiger partial charge in [-0.3, -0.25) is 9.78 Å². The second-order valence-electron chi connectivity index (χ2n) is 4.54. The largest absolute Gasteiger partial charge is 0.339 e. The summed E-state index contributed by atoms with van der Waals surface area (Å²) in [5, 5.41) is 3.18. The van der Waals surface area contributed by atoms with Gasteiger partial charge >= 0.3 is 0 Å². The summed E-state index contributed by atoms with van der Waals surface area (Å²) in [6.45, 7) is 0. The smallest absolute Gasteiger partial charge is 0.150 e. The number of anilines is 2. The Bertz CT molecular complexity index is 722. The molecule has 4 heteroatoms. The number of carbonyl (C=O) groups is 1. The Balaban J connectivity index is 1.78. The molecular formula is C17H13N3O. The molecule has 0 saturated heterocycles. The van der Waals surface area contributed by atoms with Crippen LogP contribution in [-0.4, -0.2) is 16.3 Å². The van der Waals surface area contributed by atoms with Crippen LogP contribution < -0.4 is 5.32 Å². The van der Waals surface area contributed by atoms with Gasteiger partial charge in [0.25, 0.3) is 0 Å². The maximum Gasteiger partial charge on any atom is 0.150 e. The minimum Gasteiger partial charge on any atom is -0.339 e. The number of aldehydes is 1. The van der Waals surface area contributed by atoms with Crippen molar-refractivity contribution >= 4 is 17.8 Å². The minimum absolute atomic E-state index is 0.668. The molecule has 0 spiro atoms. The van der Waals surface area contributed by atoms with Crippen molar-refractivity contribution in [2.24, 2.45) is 0 Å². The van der Waals surface area contributed by atoms with Crippen molar-refractivity contribution < 1.29 is 4.79 Å². The molecule has 2 aromatic heterocycles. The number of hydrogen-bond donors (Lipinski definition) is 1. The zero-order valence-electron chi connectivity index (χ0n) is 11.2. The van der Waals surface area contributed by atoms with E-state index in [0.717, 1.165) is 28.9 Å². The van der Waals surface area contributed by atoms with Crippen molar-refractivity contribution in [3.05, 3.63) is 72.7 Å². The summed E-state index contributed by atoms with van der Waals surface area (Å²) in [5.74, 6) is 0.760. The van der Waals surface area contributed by atoms with Gasteiger partial charge in [-0.05, 0) is 29.8 Å². The van der Waals surface area contributed by atoms with Crippen molar-refractivity contribution in [1.82, 2.24) is 9.97 Å². The molecule has 21 heavy (non-hydrogen) atoms. The lowest BCUT2D eigenvalue weighted by Gasteiger charge is -2.06. The maximum atomic E-state index is 10.6. The van der Waals surface area contributed by atoms with Crippen LogP contribution in [0.5, 0.6) is 0 Å². The Labute approximate surface area is 122 Å². The molecule has 0 saturated carbocycles. The molecular weight excluding hydrogens is 262 g/mol. The maximum absolute atomic E-state index is 10.6. The highest BCUT2D eigenvalue weighted by molar-refractivity contribution is 5.77. The molecule has 0 aliphatic carbocycles. The first-order valence-electron chi connectivity index (χ1n) is 6.54. The number of nitrogens with one attached hydrogen (secondary N) is 1. The highest BCUT2D eigenvalue weighted by Gasteiger charge is 2.00. The fourth-order valence-corrected chi connectivity index (χ4v) is 1.98. The Kier molecular flexibility index (Phi) is 3.69. The summed E-state index contributed by atoms with van der Waals surface area (Å²) in [6.07, 6.45) is 6.11. The molecule has 1 aromatic carbocycles. The first kappa shape index (κ1) is 13.0. The SMILES string of the molecule is O=Cc1ccc(-c2ccc(Nc3cccnc3)nc2)cc1. The van der Waals surface area contributed by atoms with Crippen LogP contribution in [0.4, 0.5) is 11.5 Å². The van der Waals surface area contributed by atoms with Gasteiger partial charge in [0.1, 0.15) is 12.1 Å². The lowest BCUT2D eigenvalue weighted by atomic mass is 10.1. The van der Waals surface area contributed by atoms with Gasteiger partial charge in [-0.1, -0.05) is 24.3 Å². The predicted octanol–water partition coefficient (Wildman–Crippen LogP) is 3.70. The number of aromatic nitrogens is 2. The van der Waals surface area contributed by atoms with Crippen LogP contribution in [0.2, 0.25) is 0 Å². The molecule has 0 amide bonds. The van der Waals surface area contributed by atoms with Gasteiger partial charge in [0.15, 0.2) is 0 Å². The first-order chi connectivity index (χ1) is 10.3. The highest BCUT2D eigenvalue weighted by atomic mass is 16.1. The molecule has 3 aromatic rings. The normalized spacial score (nSPS) is 10.1. The van der Waals surface area contributed by atoms with E-state index in [9.17, 15) is 4.79 Å². The number of hydrogen-bond acceptors (Lipinski definition) is 4. The topological polar surface area (TPSA) is 54.9 Å². The fourth-order valence-electron chi connectivity index (χ4n) is 1.98. The lowest BCUT2D eigenvalue weighted by molar-refractivity contribution is 0.112. The fraction of sp³-hybridized carbons (Fsp3) is 0. The molecule has 3 rings (SSSR count). The standard InChI is InChI=1S/C17H13N3O/c21-12-13-3-5-14(6-4-13)15-7-8-17(19-10-15)20-16-2-1-9-18-11-16/h1-12H,(H,19,20). The van der Waals surface area contributed by atoms with Crippen molar-refractivity contribution in [3.63, 3.8) is 0 Å². The Morgan fingerprint density at radius 2 is 1.71 bits per heavy atom. The molecule has 0 aliphatic heterocycles. The van der Waals surface area contributed by atoms with E-state index in [4.69, 9.17) is 0 Å². The van der Waals surface area contributed by atoms with Crippen molar-refractivity contribution in [3.8, 4) is 11.1 Å². The molecule has 102 valence electrons. The van der Waals surface area contributed by atoms with Gasteiger partial charge in [0.2, 0.25) is 0 Å². The predicted molar refractivity (Wildman–Crippen MR) is 82.6 cm³/mol. The van der Waals surface area contributed by atoms with Crippen LogP contribution in [0, 0.1) is 0 Å². The van der Waals surface area contributed by atoms with Crippen LogP contribution >= 0.6 is 0 Å². The minimum atomic E-state index is 0.668. The van der Waals surface area contributed by atoms with Gasteiger partial charge in [0.05, 0.1) is 11.9 Å². The number of carbonyl (C=O) groups excluding carboxylic acids is 1. The molecule has 0 aliphatic rings. The summed E-state index contributed by atoms with van der Waals surface area (Å²) < 4.78 is 0. The van der Waals surface area contributed by atoms with Crippen molar-refractivity contribution in [2.75, 3.05) is 5.32 Å². The van der Waals surface area contributed by atoms with Crippen LogP contribution in [-0.2, 0) is 0 Å². The second kappa shape index (κ2) is 5.96. The van der Waals surface area contributed by atoms with E-state index in [-0.39, 0.29) is 0 Å². The number of rotatable bonds is 4. The van der Waals surface area contributed by atoms with Gasteiger partial charge in [-0.2, -0.15) is 0 Å². The number of benzene rings is 1. The van der Waals surface area contributed by atoms with Crippen molar-refractivity contribution in [2.45, 2.75) is 0 Å². The lowest BCUT2D eigenvalue weighted by Crippen LogP contribution is -1.93. The Morgan fingerprint density at radius 3 is 2.33 bits per heavy atom. The zero-order chi connectivity index (χ0) is 14.5. The summed E-state index contributed by atoms with van der Waals surface area (Å²) in [4.78, 5) is 19.1. The number of pyridine rings is 2. The van der Waals surface area contributed by atoms with Crippen LogP contribution in [0.25, 0.3) is 11.1 Å². The van der Waals surface area contributed by atoms with E-state index in [2.05, 4.69) is 15.3 Å². The van der Waals surface area contributed by atoms with E-state index in [1.165, 1.54) is 0 Å². The quantitative estimate of drug-likeness (QED) is 0.738. The third-order valence-electron chi connectivity index (χ3n) is 3.08. The summed E-state index contributed by atoms with van der Waals surface area (Å²) in [5.41, 5.74) is 3.60. The molecule has 1 N–H and O–H groups in total.